The Bertz CT molecular complexity index is 239. The van der Waals surface area contributed by atoms with Gasteiger partial charge in [0.2, 0.25) is 0 Å². The molecule has 0 aromatic rings. The van der Waals surface area contributed by atoms with Crippen LogP contribution >= 0.6 is 0 Å². The van der Waals surface area contributed by atoms with E-state index in [0.717, 1.165) is 13.0 Å². The molecule has 0 bridgehead atoms. The van der Waals surface area contributed by atoms with Crippen molar-refractivity contribution in [3.05, 3.63) is 12.2 Å². The van der Waals surface area contributed by atoms with Crippen molar-refractivity contribution in [1.82, 2.24) is 4.90 Å². The van der Waals surface area contributed by atoms with Crippen LogP contribution in [-0.2, 0) is 0 Å². The Morgan fingerprint density at radius 2 is 2.13 bits per heavy atom. The van der Waals surface area contributed by atoms with Gasteiger partial charge in [-0.25, -0.2) is 0 Å². The zero-order chi connectivity index (χ0) is 10.8. The Kier molecular flexibility index (Phi) is 3.47. The highest BCUT2D eigenvalue weighted by Gasteiger charge is 2.37. The fourth-order valence-electron chi connectivity index (χ4n) is 3.30. The number of hydrogen-bond donors (Lipinski definition) is 1. The number of nitrogens with zero attached hydrogens (tertiary/aromatic N) is 1. The lowest BCUT2D eigenvalue weighted by atomic mass is 9.94. The molecular weight excluding hydrogens is 186 g/mol. The Hall–Kier alpha value is -0.340. The van der Waals surface area contributed by atoms with E-state index in [1.807, 2.05) is 0 Å². The molecule has 2 aliphatic rings. The van der Waals surface area contributed by atoms with Crippen LogP contribution in [0.1, 0.15) is 39.0 Å². The smallest absolute Gasteiger partial charge is 0.0583 e. The third-order valence-electron chi connectivity index (χ3n) is 3.91. The summed E-state index contributed by atoms with van der Waals surface area (Å²) in [5.41, 5.74) is 1.24. The second-order valence-corrected chi connectivity index (χ2v) is 5.30. The predicted molar refractivity (Wildman–Crippen MR) is 62.8 cm³/mol. The molecule has 3 atom stereocenters. The molecule has 2 fully saturated rings. The molecule has 1 heterocycles. The third kappa shape index (κ3) is 2.43. The summed E-state index contributed by atoms with van der Waals surface area (Å²) in [5, 5.41) is 9.95. The molecule has 0 aromatic carbocycles. The lowest BCUT2D eigenvalue weighted by molar-refractivity contribution is 0.0781. The van der Waals surface area contributed by atoms with Crippen LogP contribution in [0.2, 0.25) is 0 Å². The molecule has 1 N–H and O–H groups in total. The first-order valence-corrected chi connectivity index (χ1v) is 6.25. The summed E-state index contributed by atoms with van der Waals surface area (Å²) in [6.45, 7) is 8.31. The molecule has 0 aromatic heterocycles. The summed E-state index contributed by atoms with van der Waals surface area (Å²) in [4.78, 5) is 2.53. The highest BCUT2D eigenvalue weighted by atomic mass is 16.3. The van der Waals surface area contributed by atoms with Crippen LogP contribution in [-0.4, -0.2) is 35.2 Å². The van der Waals surface area contributed by atoms with Crippen molar-refractivity contribution in [3.63, 3.8) is 0 Å². The van der Waals surface area contributed by atoms with Gasteiger partial charge in [0.15, 0.2) is 0 Å². The van der Waals surface area contributed by atoms with E-state index in [4.69, 9.17) is 0 Å². The molecule has 3 unspecified atom stereocenters. The molecular formula is C13H23NO. The van der Waals surface area contributed by atoms with Crippen LogP contribution in [0.4, 0.5) is 0 Å². The molecule has 15 heavy (non-hydrogen) atoms. The monoisotopic (exact) mass is 209 g/mol. The number of aliphatic hydroxyl groups is 1. The van der Waals surface area contributed by atoms with Crippen molar-refractivity contribution < 1.29 is 5.11 Å². The maximum Gasteiger partial charge on any atom is 0.0583 e. The van der Waals surface area contributed by atoms with Crippen molar-refractivity contribution in [1.29, 1.82) is 0 Å². The Morgan fingerprint density at radius 1 is 1.33 bits per heavy atom. The van der Waals surface area contributed by atoms with Crippen LogP contribution in [0.25, 0.3) is 0 Å². The van der Waals surface area contributed by atoms with Crippen LogP contribution in [0, 0.1) is 5.92 Å². The maximum absolute atomic E-state index is 9.95. The Labute approximate surface area is 93.0 Å². The molecule has 1 saturated heterocycles. The van der Waals surface area contributed by atoms with Gasteiger partial charge in [-0.2, -0.15) is 0 Å². The van der Waals surface area contributed by atoms with Crippen molar-refractivity contribution in [3.8, 4) is 0 Å². The first-order chi connectivity index (χ1) is 7.18. The van der Waals surface area contributed by atoms with Gasteiger partial charge in [0.05, 0.1) is 6.10 Å². The van der Waals surface area contributed by atoms with Crippen LogP contribution < -0.4 is 0 Å². The highest BCUT2D eigenvalue weighted by molar-refractivity contribution is 4.98. The lowest BCUT2D eigenvalue weighted by Crippen LogP contribution is -2.39. The van der Waals surface area contributed by atoms with E-state index in [1.165, 1.54) is 37.8 Å². The Balaban J connectivity index is 1.97. The minimum atomic E-state index is -0.0410. The van der Waals surface area contributed by atoms with Crippen LogP contribution in [0.5, 0.6) is 0 Å². The minimum absolute atomic E-state index is 0.0410. The molecule has 0 radical (unpaired) electrons. The number of likely N-dealkylation sites (tertiary alicyclic amines) is 1. The van der Waals surface area contributed by atoms with Gasteiger partial charge >= 0.3 is 0 Å². The van der Waals surface area contributed by atoms with E-state index in [2.05, 4.69) is 18.4 Å². The van der Waals surface area contributed by atoms with Crippen molar-refractivity contribution in [2.45, 2.75) is 51.2 Å². The van der Waals surface area contributed by atoms with Gasteiger partial charge in [-0.05, 0) is 39.2 Å². The van der Waals surface area contributed by atoms with Crippen LogP contribution in [0.15, 0.2) is 12.2 Å². The summed E-state index contributed by atoms with van der Waals surface area (Å²) in [5.74, 6) is 0.534. The van der Waals surface area contributed by atoms with Gasteiger partial charge in [0.1, 0.15) is 0 Å². The SMILES string of the molecule is C=C(C)CN1CCCC1C1CCCC1O. The minimum Gasteiger partial charge on any atom is -0.393 e. The maximum atomic E-state index is 9.95. The van der Waals surface area contributed by atoms with Gasteiger partial charge in [-0.15, -0.1) is 0 Å². The summed E-state index contributed by atoms with van der Waals surface area (Å²) in [6.07, 6.45) is 5.97. The van der Waals surface area contributed by atoms with Gasteiger partial charge in [0, 0.05) is 18.5 Å². The molecule has 1 saturated carbocycles. The lowest BCUT2D eigenvalue weighted by Gasteiger charge is -2.31. The molecule has 0 spiro atoms. The molecule has 2 heteroatoms. The van der Waals surface area contributed by atoms with E-state index in [-0.39, 0.29) is 6.10 Å². The van der Waals surface area contributed by atoms with E-state index >= 15 is 0 Å². The van der Waals surface area contributed by atoms with E-state index in [9.17, 15) is 5.11 Å². The Morgan fingerprint density at radius 3 is 2.73 bits per heavy atom. The zero-order valence-corrected chi connectivity index (χ0v) is 9.78. The van der Waals surface area contributed by atoms with Gasteiger partial charge < -0.3 is 5.11 Å². The first-order valence-electron chi connectivity index (χ1n) is 6.25. The first kappa shape index (κ1) is 11.2. The highest BCUT2D eigenvalue weighted by Crippen LogP contribution is 2.35. The van der Waals surface area contributed by atoms with Crippen LogP contribution in [0.3, 0.4) is 0 Å². The third-order valence-corrected chi connectivity index (χ3v) is 3.91. The summed E-state index contributed by atoms with van der Waals surface area (Å²) in [6, 6.07) is 0.624. The van der Waals surface area contributed by atoms with Gasteiger partial charge in [-0.1, -0.05) is 18.6 Å². The predicted octanol–water partition coefficient (Wildman–Crippen LogP) is 2.19. The zero-order valence-electron chi connectivity index (χ0n) is 9.78. The second-order valence-electron chi connectivity index (χ2n) is 5.30. The molecule has 0 amide bonds. The molecule has 1 aliphatic heterocycles. The number of rotatable bonds is 3. The summed E-state index contributed by atoms with van der Waals surface area (Å²) < 4.78 is 0. The number of hydrogen-bond acceptors (Lipinski definition) is 2. The fourth-order valence-corrected chi connectivity index (χ4v) is 3.30. The topological polar surface area (TPSA) is 23.5 Å². The van der Waals surface area contributed by atoms with Crippen molar-refractivity contribution in [2.75, 3.05) is 13.1 Å². The van der Waals surface area contributed by atoms with Crippen molar-refractivity contribution in [2.24, 2.45) is 5.92 Å². The average Bonchev–Trinajstić information content (AvgIpc) is 2.73. The number of aliphatic hydroxyl groups excluding tert-OH is 1. The summed E-state index contributed by atoms with van der Waals surface area (Å²) in [7, 11) is 0. The fraction of sp³-hybridized carbons (Fsp3) is 0.846. The van der Waals surface area contributed by atoms with Gasteiger partial charge in [0.25, 0.3) is 0 Å². The molecule has 2 nitrogen and oxygen atoms in total. The molecule has 1 aliphatic carbocycles. The normalized spacial score (nSPS) is 37.3. The van der Waals surface area contributed by atoms with Gasteiger partial charge in [-0.3, -0.25) is 4.90 Å². The molecule has 86 valence electrons. The second kappa shape index (κ2) is 4.67. The summed E-state index contributed by atoms with van der Waals surface area (Å²) >= 11 is 0. The quantitative estimate of drug-likeness (QED) is 0.720. The molecule has 2 rings (SSSR count). The largest absolute Gasteiger partial charge is 0.393 e. The van der Waals surface area contributed by atoms with E-state index < -0.39 is 0 Å². The standard InChI is InChI=1S/C13H23NO/c1-10(2)9-14-8-4-6-12(14)11-5-3-7-13(11)15/h11-13,15H,1,3-9H2,2H3. The van der Waals surface area contributed by atoms with E-state index in [0.29, 0.717) is 12.0 Å². The average molecular weight is 209 g/mol. The van der Waals surface area contributed by atoms with Crippen molar-refractivity contribution >= 4 is 0 Å². The van der Waals surface area contributed by atoms with E-state index in [1.54, 1.807) is 0 Å².